The van der Waals surface area contributed by atoms with Gasteiger partial charge in [-0.05, 0) is 52.8 Å². The number of carbonyl (C=O) groups excluding carboxylic acids is 2. The maximum Gasteiger partial charge on any atom is 0.328 e. The predicted molar refractivity (Wildman–Crippen MR) is 194 cm³/mol. The van der Waals surface area contributed by atoms with Crippen molar-refractivity contribution in [2.75, 3.05) is 13.2 Å². The standard InChI is InChI=1S/C40H48N4O6/c1-5-6-7-8-9-22-50-33-20-16-28(17-21-33)31-24-41-36(42-25-31)29-12-10-27(11-13-29)23-34(38(47)44-35(26-45)39(48)49)43-37(46)30-14-18-32(19-15-30)40(2,3)4/h10-21,24-25,34-35,45H,5-9,22-23,26H2,1-4H3,(H,43,46)(H,44,47)(H,48,49). The Morgan fingerprint density at radius 1 is 0.760 bits per heavy atom. The molecule has 2 atom stereocenters. The van der Waals surface area contributed by atoms with E-state index in [1.807, 2.05) is 48.5 Å². The second-order valence-electron chi connectivity index (χ2n) is 13.4. The summed E-state index contributed by atoms with van der Waals surface area (Å²) in [5.41, 5.74) is 4.65. The molecule has 0 aliphatic carbocycles. The highest BCUT2D eigenvalue weighted by molar-refractivity contribution is 5.98. The molecule has 0 spiro atoms. The van der Waals surface area contributed by atoms with Crippen LogP contribution in [0.15, 0.2) is 85.2 Å². The molecule has 0 aliphatic heterocycles. The molecule has 1 aromatic heterocycles. The molecule has 2 amide bonds. The van der Waals surface area contributed by atoms with Crippen LogP contribution >= 0.6 is 0 Å². The summed E-state index contributed by atoms with van der Waals surface area (Å²) in [5, 5.41) is 23.9. The van der Waals surface area contributed by atoms with Crippen LogP contribution in [0, 0.1) is 0 Å². The average Bonchev–Trinajstić information content (AvgIpc) is 3.12. The maximum absolute atomic E-state index is 13.2. The number of benzene rings is 3. The Hall–Kier alpha value is -5.09. The zero-order valence-corrected chi connectivity index (χ0v) is 29.3. The molecule has 0 saturated carbocycles. The third-order valence-electron chi connectivity index (χ3n) is 8.44. The van der Waals surface area contributed by atoms with Crippen LogP contribution in [0.1, 0.15) is 81.3 Å². The molecule has 0 aliphatic rings. The molecule has 0 radical (unpaired) electrons. The highest BCUT2D eigenvalue weighted by atomic mass is 16.5. The number of carboxylic acid groups (broad SMARTS) is 1. The van der Waals surface area contributed by atoms with Crippen molar-refractivity contribution in [2.45, 2.75) is 83.7 Å². The fourth-order valence-corrected chi connectivity index (χ4v) is 5.32. The minimum atomic E-state index is -1.51. The molecular weight excluding hydrogens is 632 g/mol. The van der Waals surface area contributed by atoms with E-state index in [2.05, 4.69) is 48.3 Å². The van der Waals surface area contributed by atoms with Gasteiger partial charge < -0.3 is 25.6 Å². The van der Waals surface area contributed by atoms with Crippen LogP contribution in [0.25, 0.3) is 22.5 Å². The maximum atomic E-state index is 13.2. The first-order chi connectivity index (χ1) is 24.0. The number of aliphatic hydroxyl groups is 1. The number of rotatable bonds is 17. The minimum Gasteiger partial charge on any atom is -0.494 e. The number of aromatic nitrogens is 2. The van der Waals surface area contributed by atoms with Crippen LogP contribution in [0.4, 0.5) is 0 Å². The van der Waals surface area contributed by atoms with Gasteiger partial charge in [-0.3, -0.25) is 9.59 Å². The van der Waals surface area contributed by atoms with E-state index in [0.717, 1.165) is 34.4 Å². The third kappa shape index (κ3) is 11.0. The number of nitrogens with zero attached hydrogens (tertiary/aromatic N) is 2. The van der Waals surface area contributed by atoms with Gasteiger partial charge >= 0.3 is 5.97 Å². The lowest BCUT2D eigenvalue weighted by Gasteiger charge is -2.22. The number of ether oxygens (including phenoxy) is 1. The van der Waals surface area contributed by atoms with Crippen molar-refractivity contribution in [3.05, 3.63) is 102 Å². The molecule has 0 saturated heterocycles. The average molecular weight is 681 g/mol. The van der Waals surface area contributed by atoms with Crippen LogP contribution in [-0.4, -0.2) is 63.3 Å². The van der Waals surface area contributed by atoms with E-state index in [-0.39, 0.29) is 11.8 Å². The molecule has 10 heteroatoms. The highest BCUT2D eigenvalue weighted by Gasteiger charge is 2.27. The number of carboxylic acids is 1. The lowest BCUT2D eigenvalue weighted by molar-refractivity contribution is -0.143. The Bertz CT molecular complexity index is 1680. The van der Waals surface area contributed by atoms with Crippen molar-refractivity contribution in [1.29, 1.82) is 0 Å². The Morgan fingerprint density at radius 3 is 1.96 bits per heavy atom. The molecule has 50 heavy (non-hydrogen) atoms. The number of aliphatic carboxylic acids is 1. The molecule has 1 heterocycles. The fraction of sp³-hybridized carbons (Fsp3) is 0.375. The van der Waals surface area contributed by atoms with Gasteiger partial charge in [-0.2, -0.15) is 0 Å². The van der Waals surface area contributed by atoms with Crippen molar-refractivity contribution in [3.8, 4) is 28.3 Å². The largest absolute Gasteiger partial charge is 0.494 e. The number of hydrogen-bond donors (Lipinski definition) is 4. The van der Waals surface area contributed by atoms with E-state index in [4.69, 9.17) is 4.74 Å². The molecule has 2 unspecified atom stereocenters. The zero-order valence-electron chi connectivity index (χ0n) is 29.3. The SMILES string of the molecule is CCCCCCCOc1ccc(-c2cnc(-c3ccc(CC(NC(=O)c4ccc(C(C)(C)C)cc4)C(=O)NC(CO)C(=O)O)cc3)nc2)cc1. The number of nitrogens with one attached hydrogen (secondary N) is 2. The molecule has 3 aromatic carbocycles. The summed E-state index contributed by atoms with van der Waals surface area (Å²) >= 11 is 0. The summed E-state index contributed by atoms with van der Waals surface area (Å²) in [6.07, 6.45) is 9.58. The Kier molecular flexibility index (Phi) is 13.6. The van der Waals surface area contributed by atoms with Gasteiger partial charge in [0.25, 0.3) is 5.91 Å². The molecule has 264 valence electrons. The summed E-state index contributed by atoms with van der Waals surface area (Å²) in [5.74, 6) is -1.22. The van der Waals surface area contributed by atoms with Gasteiger partial charge in [0.1, 0.15) is 17.8 Å². The van der Waals surface area contributed by atoms with Crippen LogP contribution in [0.3, 0.4) is 0 Å². The Morgan fingerprint density at radius 2 is 1.38 bits per heavy atom. The topological polar surface area (TPSA) is 151 Å². The number of hydrogen-bond acceptors (Lipinski definition) is 7. The van der Waals surface area contributed by atoms with Crippen molar-refractivity contribution < 1.29 is 29.3 Å². The highest BCUT2D eigenvalue weighted by Crippen LogP contribution is 2.24. The molecule has 10 nitrogen and oxygen atoms in total. The predicted octanol–water partition coefficient (Wildman–Crippen LogP) is 6.36. The Balaban J connectivity index is 1.41. The van der Waals surface area contributed by atoms with Crippen molar-refractivity contribution >= 4 is 17.8 Å². The minimum absolute atomic E-state index is 0.0774. The lowest BCUT2D eigenvalue weighted by atomic mass is 9.86. The molecule has 4 aromatic rings. The van der Waals surface area contributed by atoms with E-state index in [0.29, 0.717) is 23.6 Å². The number of amides is 2. The fourth-order valence-electron chi connectivity index (χ4n) is 5.32. The summed E-state index contributed by atoms with van der Waals surface area (Å²) in [6.45, 7) is 8.34. The molecular formula is C40H48N4O6. The third-order valence-corrected chi connectivity index (χ3v) is 8.44. The second-order valence-corrected chi connectivity index (χ2v) is 13.4. The van der Waals surface area contributed by atoms with Gasteiger partial charge in [0.2, 0.25) is 5.91 Å². The van der Waals surface area contributed by atoms with Gasteiger partial charge in [-0.15, -0.1) is 0 Å². The van der Waals surface area contributed by atoms with E-state index in [1.165, 1.54) is 25.7 Å². The van der Waals surface area contributed by atoms with E-state index in [9.17, 15) is 24.6 Å². The van der Waals surface area contributed by atoms with Crippen molar-refractivity contribution in [1.82, 2.24) is 20.6 Å². The first kappa shape index (κ1) is 37.7. The van der Waals surface area contributed by atoms with Gasteiger partial charge in [-0.1, -0.05) is 102 Å². The van der Waals surface area contributed by atoms with Gasteiger partial charge in [0, 0.05) is 35.5 Å². The summed E-state index contributed by atoms with van der Waals surface area (Å²) in [6, 6.07) is 19.7. The first-order valence-corrected chi connectivity index (χ1v) is 17.2. The molecule has 0 bridgehead atoms. The van der Waals surface area contributed by atoms with Crippen LogP contribution < -0.4 is 15.4 Å². The van der Waals surface area contributed by atoms with E-state index in [1.54, 1.807) is 36.7 Å². The molecule has 0 fully saturated rings. The monoisotopic (exact) mass is 680 g/mol. The molecule has 4 N–H and O–H groups in total. The van der Waals surface area contributed by atoms with E-state index >= 15 is 0 Å². The van der Waals surface area contributed by atoms with Crippen LogP contribution in [0.2, 0.25) is 0 Å². The summed E-state index contributed by atoms with van der Waals surface area (Å²) in [4.78, 5) is 47.0. The Labute approximate surface area is 294 Å². The quantitative estimate of drug-likeness (QED) is 0.0941. The first-order valence-electron chi connectivity index (χ1n) is 17.2. The second kappa shape index (κ2) is 18.1. The number of unbranched alkanes of at least 4 members (excludes halogenated alkanes) is 4. The van der Waals surface area contributed by atoms with Crippen molar-refractivity contribution in [2.24, 2.45) is 0 Å². The van der Waals surface area contributed by atoms with Crippen molar-refractivity contribution in [3.63, 3.8) is 0 Å². The van der Waals surface area contributed by atoms with Gasteiger partial charge in [0.15, 0.2) is 5.82 Å². The van der Waals surface area contributed by atoms with Gasteiger partial charge in [0.05, 0.1) is 13.2 Å². The summed E-state index contributed by atoms with van der Waals surface area (Å²) in [7, 11) is 0. The normalized spacial score (nSPS) is 12.5. The van der Waals surface area contributed by atoms with Crippen LogP contribution in [-0.2, 0) is 21.4 Å². The van der Waals surface area contributed by atoms with Crippen LogP contribution in [0.5, 0.6) is 5.75 Å². The molecule has 4 rings (SSSR count). The summed E-state index contributed by atoms with van der Waals surface area (Å²) < 4.78 is 5.88. The number of aliphatic hydroxyl groups excluding tert-OH is 1. The number of carbonyl (C=O) groups is 3. The smallest absolute Gasteiger partial charge is 0.328 e. The lowest BCUT2D eigenvalue weighted by Crippen LogP contribution is -2.53. The van der Waals surface area contributed by atoms with E-state index < -0.39 is 36.5 Å². The van der Waals surface area contributed by atoms with Gasteiger partial charge in [-0.25, -0.2) is 14.8 Å². The zero-order chi connectivity index (χ0) is 36.1.